The Hall–Kier alpha value is -4.26. The lowest BCUT2D eigenvalue weighted by Gasteiger charge is -2.27. The van der Waals surface area contributed by atoms with Gasteiger partial charge in [-0.25, -0.2) is 13.9 Å². The molecule has 1 aliphatic rings. The SMILES string of the molecule is CC(C)(C)OC(=O)N[C@@H](Cc1ccc(-c2cn(Cc3ccc(F)cc3)nn2)cc1)C(=O)N1CCC[C@H]1C#N. The lowest BCUT2D eigenvalue weighted by Crippen LogP contribution is -2.51. The maximum Gasteiger partial charge on any atom is 0.408 e. The third kappa shape index (κ3) is 6.94. The number of rotatable bonds is 7. The highest BCUT2D eigenvalue weighted by atomic mass is 19.1. The van der Waals surface area contributed by atoms with E-state index in [1.165, 1.54) is 17.0 Å². The molecule has 1 saturated heterocycles. The molecule has 1 fully saturated rings. The summed E-state index contributed by atoms with van der Waals surface area (Å²) in [6.45, 7) is 6.21. The minimum absolute atomic E-state index is 0.240. The Morgan fingerprint density at radius 1 is 1.16 bits per heavy atom. The minimum atomic E-state index is -0.874. The number of carbonyl (C=O) groups is 2. The number of aromatic nitrogens is 3. The van der Waals surface area contributed by atoms with Gasteiger partial charge >= 0.3 is 6.09 Å². The molecule has 0 radical (unpaired) electrons. The Morgan fingerprint density at radius 3 is 2.50 bits per heavy atom. The van der Waals surface area contributed by atoms with Crippen LogP contribution >= 0.6 is 0 Å². The van der Waals surface area contributed by atoms with Crippen molar-refractivity contribution in [2.45, 2.75) is 64.3 Å². The van der Waals surface area contributed by atoms with Crippen molar-refractivity contribution in [3.8, 4) is 17.3 Å². The van der Waals surface area contributed by atoms with E-state index in [1.807, 2.05) is 30.5 Å². The smallest absolute Gasteiger partial charge is 0.408 e. The number of benzene rings is 2. The quantitative estimate of drug-likeness (QED) is 0.504. The van der Waals surface area contributed by atoms with Crippen LogP contribution in [0.15, 0.2) is 54.7 Å². The van der Waals surface area contributed by atoms with Gasteiger partial charge in [0, 0.05) is 18.5 Å². The van der Waals surface area contributed by atoms with Crippen LogP contribution in [0.2, 0.25) is 0 Å². The van der Waals surface area contributed by atoms with E-state index in [-0.39, 0.29) is 18.1 Å². The zero-order valence-electron chi connectivity index (χ0n) is 21.7. The van der Waals surface area contributed by atoms with Crippen molar-refractivity contribution in [1.29, 1.82) is 5.26 Å². The topological polar surface area (TPSA) is 113 Å². The molecular weight excluding hydrogens is 487 g/mol. The number of hydrogen-bond acceptors (Lipinski definition) is 6. The maximum absolute atomic E-state index is 13.3. The van der Waals surface area contributed by atoms with Crippen LogP contribution in [0.25, 0.3) is 11.3 Å². The second kappa shape index (κ2) is 11.4. The molecule has 2 amide bonds. The summed E-state index contributed by atoms with van der Waals surface area (Å²) in [7, 11) is 0. The number of alkyl carbamates (subject to hydrolysis) is 1. The van der Waals surface area contributed by atoms with Gasteiger partial charge in [-0.05, 0) is 56.9 Å². The average molecular weight is 519 g/mol. The molecule has 2 aromatic carbocycles. The molecule has 0 aliphatic carbocycles. The van der Waals surface area contributed by atoms with E-state index < -0.39 is 23.8 Å². The first-order valence-corrected chi connectivity index (χ1v) is 12.5. The first-order chi connectivity index (χ1) is 18.1. The summed E-state index contributed by atoms with van der Waals surface area (Å²) < 4.78 is 20.2. The number of nitrogens with zero attached hydrogens (tertiary/aromatic N) is 5. The fourth-order valence-corrected chi connectivity index (χ4v) is 4.35. The summed E-state index contributed by atoms with van der Waals surface area (Å²) in [4.78, 5) is 27.4. The highest BCUT2D eigenvalue weighted by Crippen LogP contribution is 2.21. The Bertz CT molecular complexity index is 1310. The van der Waals surface area contributed by atoms with Crippen LogP contribution in [0.5, 0.6) is 0 Å². The van der Waals surface area contributed by atoms with Gasteiger partial charge in [0.1, 0.15) is 29.2 Å². The van der Waals surface area contributed by atoms with Crippen molar-refractivity contribution in [3.63, 3.8) is 0 Å². The molecule has 10 heteroatoms. The number of halogens is 1. The normalized spacial score (nSPS) is 16.1. The van der Waals surface area contributed by atoms with E-state index >= 15 is 0 Å². The fourth-order valence-electron chi connectivity index (χ4n) is 4.35. The molecule has 1 N–H and O–H groups in total. The number of nitrogens with one attached hydrogen (secondary N) is 1. The molecule has 4 rings (SSSR count). The molecule has 0 saturated carbocycles. The fraction of sp³-hybridized carbons (Fsp3) is 0.393. The molecule has 38 heavy (non-hydrogen) atoms. The number of ether oxygens (including phenoxy) is 1. The molecular formula is C28H31FN6O3. The molecule has 9 nitrogen and oxygen atoms in total. The zero-order valence-corrected chi connectivity index (χ0v) is 21.7. The summed E-state index contributed by atoms with van der Waals surface area (Å²) in [5, 5.41) is 20.5. The highest BCUT2D eigenvalue weighted by molar-refractivity contribution is 5.86. The second-order valence-corrected chi connectivity index (χ2v) is 10.3. The van der Waals surface area contributed by atoms with Crippen LogP contribution in [-0.4, -0.2) is 56.1 Å². The molecule has 0 spiro atoms. The number of amides is 2. The number of likely N-dealkylation sites (tertiary alicyclic amines) is 1. The van der Waals surface area contributed by atoms with E-state index in [0.717, 1.165) is 23.1 Å². The van der Waals surface area contributed by atoms with Crippen LogP contribution in [0, 0.1) is 17.1 Å². The Labute approximate surface area is 221 Å². The molecule has 0 bridgehead atoms. The summed E-state index contributed by atoms with van der Waals surface area (Å²) in [6.07, 6.45) is 2.74. The van der Waals surface area contributed by atoms with Gasteiger partial charge in [-0.2, -0.15) is 5.26 Å². The summed E-state index contributed by atoms with van der Waals surface area (Å²) in [5.41, 5.74) is 2.53. The van der Waals surface area contributed by atoms with Gasteiger partial charge in [-0.15, -0.1) is 5.10 Å². The Kier molecular flexibility index (Phi) is 8.05. The van der Waals surface area contributed by atoms with E-state index in [0.29, 0.717) is 25.2 Å². The first-order valence-electron chi connectivity index (χ1n) is 12.5. The molecule has 2 heterocycles. The molecule has 1 aliphatic heterocycles. The predicted molar refractivity (Wildman–Crippen MR) is 138 cm³/mol. The van der Waals surface area contributed by atoms with E-state index in [4.69, 9.17) is 4.74 Å². The van der Waals surface area contributed by atoms with E-state index in [9.17, 15) is 19.2 Å². The van der Waals surface area contributed by atoms with Crippen molar-refractivity contribution < 1.29 is 18.7 Å². The number of hydrogen-bond donors (Lipinski definition) is 1. The number of nitriles is 1. The van der Waals surface area contributed by atoms with Crippen molar-refractivity contribution in [2.75, 3.05) is 6.54 Å². The van der Waals surface area contributed by atoms with Crippen LogP contribution in [0.1, 0.15) is 44.7 Å². The monoisotopic (exact) mass is 518 g/mol. The molecule has 1 aromatic heterocycles. The predicted octanol–water partition coefficient (Wildman–Crippen LogP) is 4.08. The lowest BCUT2D eigenvalue weighted by atomic mass is 10.0. The number of carbonyl (C=O) groups excluding carboxylic acids is 2. The maximum atomic E-state index is 13.3. The summed E-state index contributed by atoms with van der Waals surface area (Å²) >= 11 is 0. The highest BCUT2D eigenvalue weighted by Gasteiger charge is 2.34. The molecule has 0 unspecified atom stereocenters. The molecule has 3 aromatic rings. The zero-order chi connectivity index (χ0) is 27.3. The lowest BCUT2D eigenvalue weighted by molar-refractivity contribution is -0.133. The second-order valence-electron chi connectivity index (χ2n) is 10.3. The van der Waals surface area contributed by atoms with Crippen LogP contribution in [-0.2, 0) is 22.5 Å². The van der Waals surface area contributed by atoms with Gasteiger partial charge in [-0.1, -0.05) is 41.6 Å². The minimum Gasteiger partial charge on any atom is -0.444 e. The summed E-state index contributed by atoms with van der Waals surface area (Å²) in [5.74, 6) is -0.587. The van der Waals surface area contributed by atoms with Crippen molar-refractivity contribution in [1.82, 2.24) is 25.2 Å². The Balaban J connectivity index is 1.46. The standard InChI is InChI=1S/C28H31FN6O3/c1-28(2,3)38-27(37)31-24(26(36)35-14-4-5-23(35)16-30)15-19-6-10-21(11-7-19)25-18-34(33-32-25)17-20-8-12-22(29)13-9-20/h6-13,18,23-24H,4-5,14-15,17H2,1-3H3,(H,31,37)/t23-,24-/m0/s1. The van der Waals surface area contributed by atoms with Crippen molar-refractivity contribution in [2.24, 2.45) is 0 Å². The van der Waals surface area contributed by atoms with Crippen molar-refractivity contribution >= 4 is 12.0 Å². The van der Waals surface area contributed by atoms with Gasteiger partial charge < -0.3 is 15.0 Å². The first kappa shape index (κ1) is 26.8. The largest absolute Gasteiger partial charge is 0.444 e. The third-order valence-electron chi connectivity index (χ3n) is 6.16. The van der Waals surface area contributed by atoms with Gasteiger partial charge in [0.05, 0.1) is 18.8 Å². The van der Waals surface area contributed by atoms with E-state index in [1.54, 1.807) is 37.6 Å². The van der Waals surface area contributed by atoms with Crippen LogP contribution < -0.4 is 5.32 Å². The van der Waals surface area contributed by atoms with E-state index in [2.05, 4.69) is 21.7 Å². The third-order valence-corrected chi connectivity index (χ3v) is 6.16. The Morgan fingerprint density at radius 2 is 1.84 bits per heavy atom. The van der Waals surface area contributed by atoms with Crippen LogP contribution in [0.4, 0.5) is 9.18 Å². The average Bonchev–Trinajstić information content (AvgIpc) is 3.53. The summed E-state index contributed by atoms with van der Waals surface area (Å²) in [6, 6.07) is 14.5. The van der Waals surface area contributed by atoms with Crippen molar-refractivity contribution in [3.05, 3.63) is 71.7 Å². The molecule has 2 atom stereocenters. The molecule has 198 valence electrons. The van der Waals surface area contributed by atoms with Crippen LogP contribution in [0.3, 0.4) is 0 Å². The van der Waals surface area contributed by atoms with Gasteiger partial charge in [0.2, 0.25) is 5.91 Å². The van der Waals surface area contributed by atoms with Gasteiger partial charge in [0.15, 0.2) is 0 Å². The van der Waals surface area contributed by atoms with Gasteiger partial charge in [-0.3, -0.25) is 4.79 Å². The van der Waals surface area contributed by atoms with Gasteiger partial charge in [0.25, 0.3) is 0 Å².